The summed E-state index contributed by atoms with van der Waals surface area (Å²) >= 11 is 0. The van der Waals surface area contributed by atoms with Crippen LogP contribution in [0.25, 0.3) is 0 Å². The number of oxazole rings is 1. The molecule has 0 amide bonds. The molecule has 1 aromatic rings. The van der Waals surface area contributed by atoms with Crippen LogP contribution in [-0.2, 0) is 16.7 Å². The van der Waals surface area contributed by atoms with Crippen molar-refractivity contribution in [2.24, 2.45) is 5.73 Å². The Kier molecular flexibility index (Phi) is 2.56. The van der Waals surface area contributed by atoms with Gasteiger partial charge in [-0.1, -0.05) is 6.92 Å². The Bertz CT molecular complexity index is 303. The highest BCUT2D eigenvalue weighted by atomic mass is 16.5. The zero-order valence-corrected chi connectivity index (χ0v) is 8.45. The Morgan fingerprint density at radius 3 is 2.79 bits per heavy atom. The molecule has 1 saturated heterocycles. The first-order chi connectivity index (χ1) is 6.74. The van der Waals surface area contributed by atoms with E-state index in [1.807, 2.05) is 0 Å². The fourth-order valence-corrected chi connectivity index (χ4v) is 1.72. The van der Waals surface area contributed by atoms with E-state index in [9.17, 15) is 0 Å². The summed E-state index contributed by atoms with van der Waals surface area (Å²) in [6.07, 6.45) is 3.66. The van der Waals surface area contributed by atoms with Crippen molar-refractivity contribution in [3.8, 4) is 0 Å². The van der Waals surface area contributed by atoms with Gasteiger partial charge in [0.15, 0.2) is 0 Å². The van der Waals surface area contributed by atoms with Crippen molar-refractivity contribution in [2.75, 3.05) is 13.2 Å². The quantitative estimate of drug-likeness (QED) is 0.772. The van der Waals surface area contributed by atoms with Gasteiger partial charge < -0.3 is 14.9 Å². The molecule has 14 heavy (non-hydrogen) atoms. The first kappa shape index (κ1) is 9.68. The van der Waals surface area contributed by atoms with Crippen LogP contribution < -0.4 is 5.73 Å². The lowest BCUT2D eigenvalue weighted by molar-refractivity contribution is 0.0466. The Morgan fingerprint density at radius 2 is 2.21 bits per heavy atom. The molecular weight excluding hydrogens is 180 g/mol. The zero-order valence-electron chi connectivity index (χ0n) is 8.45. The molecule has 2 N–H and O–H groups in total. The minimum absolute atomic E-state index is 0.0334. The molecule has 0 aliphatic carbocycles. The summed E-state index contributed by atoms with van der Waals surface area (Å²) in [5.41, 5.74) is 5.51. The molecule has 4 heteroatoms. The fourth-order valence-electron chi connectivity index (χ4n) is 1.72. The molecule has 1 aliphatic heterocycles. The summed E-state index contributed by atoms with van der Waals surface area (Å²) in [6.45, 7) is 4.16. The monoisotopic (exact) mass is 196 g/mol. The minimum atomic E-state index is 0.0334. The van der Waals surface area contributed by atoms with Crippen LogP contribution in [0.4, 0.5) is 0 Å². The van der Waals surface area contributed by atoms with E-state index in [0.29, 0.717) is 6.54 Å². The van der Waals surface area contributed by atoms with Crippen LogP contribution in [0, 0.1) is 0 Å². The van der Waals surface area contributed by atoms with Gasteiger partial charge in [0, 0.05) is 18.6 Å². The smallest absolute Gasteiger partial charge is 0.200 e. The van der Waals surface area contributed by atoms with Gasteiger partial charge in [-0.25, -0.2) is 4.98 Å². The van der Waals surface area contributed by atoms with Crippen molar-refractivity contribution in [1.29, 1.82) is 0 Å². The van der Waals surface area contributed by atoms with Crippen LogP contribution in [0.5, 0.6) is 0 Å². The van der Waals surface area contributed by atoms with Crippen LogP contribution in [0.2, 0.25) is 0 Å². The van der Waals surface area contributed by atoms with Crippen molar-refractivity contribution >= 4 is 0 Å². The molecule has 78 valence electrons. The molecule has 2 heterocycles. The highest BCUT2D eigenvalue weighted by Crippen LogP contribution is 2.33. The molecule has 0 aromatic carbocycles. The lowest BCUT2D eigenvalue weighted by atomic mass is 9.82. The van der Waals surface area contributed by atoms with E-state index in [2.05, 4.69) is 11.9 Å². The van der Waals surface area contributed by atoms with Crippen molar-refractivity contribution < 1.29 is 9.15 Å². The van der Waals surface area contributed by atoms with Gasteiger partial charge in [-0.3, -0.25) is 0 Å². The molecule has 2 rings (SSSR count). The van der Waals surface area contributed by atoms with Gasteiger partial charge >= 0.3 is 0 Å². The van der Waals surface area contributed by atoms with Crippen molar-refractivity contribution in [3.63, 3.8) is 0 Å². The maximum Gasteiger partial charge on any atom is 0.200 e. The molecule has 1 aliphatic rings. The third-order valence-corrected chi connectivity index (χ3v) is 2.87. The predicted octanol–water partition coefficient (Wildman–Crippen LogP) is 1.20. The maximum atomic E-state index is 5.58. The molecule has 0 atom stereocenters. The van der Waals surface area contributed by atoms with E-state index in [-0.39, 0.29) is 5.41 Å². The molecule has 0 saturated carbocycles. The normalized spacial score (nSPS) is 21.0. The van der Waals surface area contributed by atoms with Gasteiger partial charge in [-0.15, -0.1) is 0 Å². The Labute approximate surface area is 83.4 Å². The number of ether oxygens (including phenoxy) is 1. The highest BCUT2D eigenvalue weighted by Gasteiger charge is 2.33. The van der Waals surface area contributed by atoms with Gasteiger partial charge in [-0.2, -0.15) is 0 Å². The van der Waals surface area contributed by atoms with Crippen LogP contribution in [0.1, 0.15) is 31.4 Å². The summed E-state index contributed by atoms with van der Waals surface area (Å²) in [5, 5.41) is 0. The summed E-state index contributed by atoms with van der Waals surface area (Å²) in [7, 11) is 0. The largest absolute Gasteiger partial charge is 0.444 e. The van der Waals surface area contributed by atoms with E-state index in [1.54, 1.807) is 6.20 Å². The number of hydrogen-bond donors (Lipinski definition) is 1. The third kappa shape index (κ3) is 1.67. The van der Waals surface area contributed by atoms with Crippen molar-refractivity contribution in [1.82, 2.24) is 4.98 Å². The Morgan fingerprint density at radius 1 is 1.50 bits per heavy atom. The first-order valence-corrected chi connectivity index (χ1v) is 4.97. The first-order valence-electron chi connectivity index (χ1n) is 4.97. The standard InChI is InChI=1S/C10H16N2O2/c1-10(2-4-13-5-3-10)9-12-7-8(6-11)14-9/h7H,2-6,11H2,1H3. The summed E-state index contributed by atoms with van der Waals surface area (Å²) in [6, 6.07) is 0. The van der Waals surface area contributed by atoms with E-state index in [1.165, 1.54) is 0 Å². The Balaban J connectivity index is 2.19. The number of aromatic nitrogens is 1. The third-order valence-electron chi connectivity index (χ3n) is 2.87. The van der Waals surface area contributed by atoms with Crippen LogP contribution >= 0.6 is 0 Å². The molecule has 0 spiro atoms. The SMILES string of the molecule is CC1(c2ncc(CN)o2)CCOCC1. The number of hydrogen-bond acceptors (Lipinski definition) is 4. The van der Waals surface area contributed by atoms with Gasteiger partial charge in [0.1, 0.15) is 5.76 Å². The highest BCUT2D eigenvalue weighted by molar-refractivity contribution is 5.06. The molecule has 4 nitrogen and oxygen atoms in total. The number of nitrogens with two attached hydrogens (primary N) is 1. The molecule has 0 unspecified atom stereocenters. The van der Waals surface area contributed by atoms with E-state index < -0.39 is 0 Å². The van der Waals surface area contributed by atoms with Crippen LogP contribution in [0.15, 0.2) is 10.6 Å². The van der Waals surface area contributed by atoms with Gasteiger partial charge in [-0.05, 0) is 12.8 Å². The van der Waals surface area contributed by atoms with Gasteiger partial charge in [0.2, 0.25) is 5.89 Å². The van der Waals surface area contributed by atoms with Crippen molar-refractivity contribution in [2.45, 2.75) is 31.7 Å². The topological polar surface area (TPSA) is 61.3 Å². The molecular formula is C10H16N2O2. The average Bonchev–Trinajstić information content (AvgIpc) is 2.67. The van der Waals surface area contributed by atoms with Crippen molar-refractivity contribution in [3.05, 3.63) is 17.8 Å². The molecule has 1 fully saturated rings. The average molecular weight is 196 g/mol. The van der Waals surface area contributed by atoms with Crippen LogP contribution in [0.3, 0.4) is 0 Å². The second-order valence-electron chi connectivity index (χ2n) is 4.01. The predicted molar refractivity (Wildman–Crippen MR) is 51.8 cm³/mol. The summed E-state index contributed by atoms with van der Waals surface area (Å²) in [5.74, 6) is 1.56. The lowest BCUT2D eigenvalue weighted by Gasteiger charge is -2.30. The molecule has 1 aromatic heterocycles. The van der Waals surface area contributed by atoms with Gasteiger partial charge in [0.05, 0.1) is 12.7 Å². The fraction of sp³-hybridized carbons (Fsp3) is 0.700. The Hall–Kier alpha value is -0.870. The summed E-state index contributed by atoms with van der Waals surface area (Å²) in [4.78, 5) is 4.28. The van der Waals surface area contributed by atoms with Gasteiger partial charge in [0.25, 0.3) is 0 Å². The zero-order chi connectivity index (χ0) is 10.0. The molecule has 0 bridgehead atoms. The minimum Gasteiger partial charge on any atom is -0.444 e. The van der Waals surface area contributed by atoms with E-state index in [4.69, 9.17) is 14.9 Å². The number of rotatable bonds is 2. The van der Waals surface area contributed by atoms with E-state index in [0.717, 1.165) is 37.7 Å². The van der Waals surface area contributed by atoms with Crippen LogP contribution in [-0.4, -0.2) is 18.2 Å². The second-order valence-corrected chi connectivity index (χ2v) is 4.01. The maximum absolute atomic E-state index is 5.58. The molecule has 0 radical (unpaired) electrons. The number of nitrogens with zero attached hydrogens (tertiary/aromatic N) is 1. The lowest BCUT2D eigenvalue weighted by Crippen LogP contribution is -2.30. The second kappa shape index (κ2) is 3.71. The summed E-state index contributed by atoms with van der Waals surface area (Å²) < 4.78 is 10.9. The van der Waals surface area contributed by atoms with E-state index >= 15 is 0 Å².